The highest BCUT2D eigenvalue weighted by Crippen LogP contribution is 2.22. The van der Waals surface area contributed by atoms with E-state index in [4.69, 9.17) is 11.6 Å². The van der Waals surface area contributed by atoms with Gasteiger partial charge in [0.05, 0.1) is 10.9 Å². The number of benzene rings is 2. The highest BCUT2D eigenvalue weighted by molar-refractivity contribution is 8.00. The van der Waals surface area contributed by atoms with Gasteiger partial charge in [0.15, 0.2) is 0 Å². The molecule has 1 unspecified atom stereocenters. The molecule has 0 spiro atoms. The fourth-order valence-electron chi connectivity index (χ4n) is 2.75. The van der Waals surface area contributed by atoms with E-state index in [1.165, 1.54) is 22.5 Å². The first-order valence-corrected chi connectivity index (χ1v) is 10.5. The molecule has 0 fully saturated rings. The Bertz CT molecular complexity index is 1100. The van der Waals surface area contributed by atoms with Gasteiger partial charge in [0.1, 0.15) is 5.03 Å². The van der Waals surface area contributed by atoms with E-state index in [-0.39, 0.29) is 16.7 Å². The molecule has 29 heavy (non-hydrogen) atoms. The summed E-state index contributed by atoms with van der Waals surface area (Å²) in [5.41, 5.74) is 3.46. The molecular weight excluding hydrogens is 406 g/mol. The second-order valence-corrected chi connectivity index (χ2v) is 8.59. The average molecular weight is 428 g/mol. The maximum Gasteiger partial charge on any atom is 0.271 e. The van der Waals surface area contributed by atoms with Crippen LogP contribution in [0.25, 0.3) is 5.69 Å². The average Bonchev–Trinajstić information content (AvgIpc) is 2.69. The maximum absolute atomic E-state index is 12.5. The number of amides is 1. The van der Waals surface area contributed by atoms with E-state index in [1.54, 1.807) is 18.2 Å². The zero-order chi connectivity index (χ0) is 21.0. The smallest absolute Gasteiger partial charge is 0.271 e. The Morgan fingerprint density at radius 1 is 1.17 bits per heavy atom. The van der Waals surface area contributed by atoms with Gasteiger partial charge in [-0.3, -0.25) is 9.59 Å². The van der Waals surface area contributed by atoms with Crippen LogP contribution in [-0.4, -0.2) is 20.9 Å². The van der Waals surface area contributed by atoms with Gasteiger partial charge >= 0.3 is 0 Å². The van der Waals surface area contributed by atoms with Crippen LogP contribution in [0.15, 0.2) is 64.4 Å². The van der Waals surface area contributed by atoms with E-state index in [0.717, 1.165) is 16.7 Å². The van der Waals surface area contributed by atoms with E-state index in [1.807, 2.05) is 51.1 Å². The highest BCUT2D eigenvalue weighted by atomic mass is 35.5. The van der Waals surface area contributed by atoms with Crippen molar-refractivity contribution in [2.24, 2.45) is 0 Å². The van der Waals surface area contributed by atoms with Gasteiger partial charge in [0.2, 0.25) is 5.91 Å². The van der Waals surface area contributed by atoms with Gasteiger partial charge in [-0.15, -0.1) is 0 Å². The van der Waals surface area contributed by atoms with Crippen LogP contribution in [0, 0.1) is 13.8 Å². The zero-order valence-corrected chi connectivity index (χ0v) is 18.1. The third-order valence-corrected chi connectivity index (χ3v) is 5.83. The van der Waals surface area contributed by atoms with Crippen molar-refractivity contribution in [3.63, 3.8) is 0 Å². The van der Waals surface area contributed by atoms with E-state index in [0.29, 0.717) is 22.3 Å². The molecule has 0 saturated heterocycles. The molecule has 1 amide bonds. The minimum absolute atomic E-state index is 0.0885. The predicted octanol–water partition coefficient (Wildman–Crippen LogP) is 4.30. The number of hydrogen-bond donors (Lipinski definition) is 1. The lowest BCUT2D eigenvalue weighted by Gasteiger charge is -2.13. The Morgan fingerprint density at radius 2 is 1.97 bits per heavy atom. The van der Waals surface area contributed by atoms with Gasteiger partial charge in [0.25, 0.3) is 5.56 Å². The summed E-state index contributed by atoms with van der Waals surface area (Å²) in [5.74, 6) is -0.0885. The molecule has 0 radical (unpaired) electrons. The minimum Gasteiger partial charge on any atom is -0.351 e. The number of hydrogen-bond acceptors (Lipinski definition) is 4. The van der Waals surface area contributed by atoms with Crippen LogP contribution in [0.4, 0.5) is 0 Å². The molecule has 1 aromatic heterocycles. The summed E-state index contributed by atoms with van der Waals surface area (Å²) in [7, 11) is 0. The Labute approximate surface area is 179 Å². The van der Waals surface area contributed by atoms with E-state index in [9.17, 15) is 9.59 Å². The summed E-state index contributed by atoms with van der Waals surface area (Å²) in [5, 5.41) is 8.13. The second-order valence-electron chi connectivity index (χ2n) is 6.82. The molecule has 0 aliphatic heterocycles. The molecule has 1 atom stereocenters. The van der Waals surface area contributed by atoms with Crippen LogP contribution >= 0.6 is 23.4 Å². The van der Waals surface area contributed by atoms with Gasteiger partial charge < -0.3 is 5.32 Å². The summed E-state index contributed by atoms with van der Waals surface area (Å²) >= 11 is 7.47. The monoisotopic (exact) mass is 427 g/mol. The predicted molar refractivity (Wildman–Crippen MR) is 118 cm³/mol. The summed E-state index contributed by atoms with van der Waals surface area (Å²) in [4.78, 5) is 24.7. The molecule has 0 aliphatic carbocycles. The summed E-state index contributed by atoms with van der Waals surface area (Å²) in [6, 6.07) is 16.4. The van der Waals surface area contributed by atoms with E-state index < -0.39 is 0 Å². The van der Waals surface area contributed by atoms with E-state index >= 15 is 0 Å². The number of nitrogens with zero attached hydrogens (tertiary/aromatic N) is 2. The number of nitrogens with one attached hydrogen (secondary N) is 1. The molecule has 0 saturated carbocycles. The third kappa shape index (κ3) is 5.49. The number of aryl methyl sites for hydroxylation is 2. The molecule has 1 heterocycles. The topological polar surface area (TPSA) is 64.0 Å². The first-order valence-electron chi connectivity index (χ1n) is 9.20. The summed E-state index contributed by atoms with van der Waals surface area (Å²) in [6.07, 6.45) is 0. The van der Waals surface area contributed by atoms with Crippen LogP contribution < -0.4 is 10.9 Å². The molecule has 1 N–H and O–H groups in total. The van der Waals surface area contributed by atoms with Crippen molar-refractivity contribution in [1.29, 1.82) is 0 Å². The van der Waals surface area contributed by atoms with Crippen LogP contribution in [0.3, 0.4) is 0 Å². The number of carbonyl (C=O) groups is 1. The quantitative estimate of drug-likeness (QED) is 0.595. The molecule has 0 aliphatic rings. The van der Waals surface area contributed by atoms with Crippen molar-refractivity contribution in [2.75, 3.05) is 0 Å². The Kier molecular flexibility index (Phi) is 6.77. The van der Waals surface area contributed by atoms with Gasteiger partial charge in [-0.2, -0.15) is 9.78 Å². The van der Waals surface area contributed by atoms with Crippen molar-refractivity contribution < 1.29 is 4.79 Å². The number of thioether (sulfide) groups is 1. The van der Waals surface area contributed by atoms with Crippen LogP contribution in [-0.2, 0) is 11.3 Å². The number of aromatic nitrogens is 2. The first kappa shape index (κ1) is 21.1. The second kappa shape index (κ2) is 9.29. The number of halogens is 1. The largest absolute Gasteiger partial charge is 0.351 e. The number of rotatable bonds is 6. The molecule has 150 valence electrons. The fraction of sp³-hybridized carbons (Fsp3) is 0.227. The Morgan fingerprint density at radius 3 is 2.69 bits per heavy atom. The van der Waals surface area contributed by atoms with E-state index in [2.05, 4.69) is 10.4 Å². The summed E-state index contributed by atoms with van der Waals surface area (Å²) in [6.45, 7) is 6.20. The fourth-order valence-corrected chi connectivity index (χ4v) is 3.75. The Balaban J connectivity index is 1.70. The lowest BCUT2D eigenvalue weighted by molar-refractivity contribution is -0.120. The SMILES string of the molecule is Cc1cccc(CNC(=O)C(C)Sc2ccc(=O)n(-c3ccc(C)c(Cl)c3)n2)c1. The van der Waals surface area contributed by atoms with Crippen LogP contribution in [0.2, 0.25) is 5.02 Å². The first-order chi connectivity index (χ1) is 13.8. The summed E-state index contributed by atoms with van der Waals surface area (Å²) < 4.78 is 1.30. The lowest BCUT2D eigenvalue weighted by atomic mass is 10.1. The van der Waals surface area contributed by atoms with Crippen molar-refractivity contribution in [3.05, 3.63) is 86.7 Å². The van der Waals surface area contributed by atoms with Crippen molar-refractivity contribution >= 4 is 29.3 Å². The molecule has 0 bridgehead atoms. The van der Waals surface area contributed by atoms with Gasteiger partial charge in [-0.05, 0) is 50.1 Å². The van der Waals surface area contributed by atoms with Crippen molar-refractivity contribution in [1.82, 2.24) is 15.1 Å². The van der Waals surface area contributed by atoms with Gasteiger partial charge in [-0.1, -0.05) is 59.3 Å². The normalized spacial score (nSPS) is 11.9. The third-order valence-electron chi connectivity index (χ3n) is 4.39. The zero-order valence-electron chi connectivity index (χ0n) is 16.5. The Hall–Kier alpha value is -2.57. The number of carbonyl (C=O) groups excluding carboxylic acids is 1. The van der Waals surface area contributed by atoms with Crippen LogP contribution in [0.1, 0.15) is 23.6 Å². The van der Waals surface area contributed by atoms with Crippen molar-refractivity contribution in [3.8, 4) is 5.69 Å². The molecule has 7 heteroatoms. The van der Waals surface area contributed by atoms with Crippen molar-refractivity contribution in [2.45, 2.75) is 37.6 Å². The molecule has 3 aromatic rings. The standard InChI is InChI=1S/C22H22ClN3O2S/c1-14-5-4-6-17(11-14)13-24-22(28)16(3)29-20-9-10-21(27)26(25-20)18-8-7-15(2)19(23)12-18/h4-12,16H,13H2,1-3H3,(H,24,28). The maximum atomic E-state index is 12.5. The van der Waals surface area contributed by atoms with Gasteiger partial charge in [-0.25, -0.2) is 0 Å². The lowest BCUT2D eigenvalue weighted by Crippen LogP contribution is -2.30. The molecule has 3 rings (SSSR count). The minimum atomic E-state index is -0.361. The van der Waals surface area contributed by atoms with Gasteiger partial charge in [0, 0.05) is 17.6 Å². The van der Waals surface area contributed by atoms with Crippen LogP contribution in [0.5, 0.6) is 0 Å². The molecular formula is C22H22ClN3O2S. The highest BCUT2D eigenvalue weighted by Gasteiger charge is 2.16. The molecule has 5 nitrogen and oxygen atoms in total. The molecule has 2 aromatic carbocycles.